The van der Waals surface area contributed by atoms with Gasteiger partial charge >= 0.3 is 0 Å². The Balaban J connectivity index is 2.87. The number of allylic oxidation sites excluding steroid dienone is 3. The highest BCUT2D eigenvalue weighted by Crippen LogP contribution is 2.72. The highest BCUT2D eigenvalue weighted by atomic mass is 35.5. The van der Waals surface area contributed by atoms with E-state index in [2.05, 4.69) is 66.8 Å². The first-order valence-electron chi connectivity index (χ1n) is 10.8. The Morgan fingerprint density at radius 3 is 2.00 bits per heavy atom. The normalized spacial score (nSPS) is 30.6. The third kappa shape index (κ3) is 3.08. The minimum atomic E-state index is -2.36. The molecule has 2 aliphatic carbocycles. The molecule has 0 aromatic carbocycles. The minimum absolute atomic E-state index is 0.0128. The van der Waals surface area contributed by atoms with Crippen LogP contribution in [0.5, 0.6) is 0 Å². The van der Waals surface area contributed by atoms with Gasteiger partial charge in [0.1, 0.15) is 5.60 Å². The summed E-state index contributed by atoms with van der Waals surface area (Å²) in [5.74, 6) is 0.901. The van der Waals surface area contributed by atoms with Gasteiger partial charge < -0.3 is 9.16 Å². The van der Waals surface area contributed by atoms with Gasteiger partial charge in [0.25, 0.3) is 0 Å². The summed E-state index contributed by atoms with van der Waals surface area (Å²) >= 11 is 7.17. The van der Waals surface area contributed by atoms with Crippen LogP contribution in [0.15, 0.2) is 37.1 Å². The van der Waals surface area contributed by atoms with E-state index in [1.54, 1.807) is 7.11 Å². The predicted octanol–water partition coefficient (Wildman–Crippen LogP) is 7.12. The second-order valence-corrected chi connectivity index (χ2v) is 15.7. The molecule has 2 bridgehead atoms. The van der Waals surface area contributed by atoms with Crippen LogP contribution < -0.4 is 0 Å². The average Bonchev–Trinajstić information content (AvgIpc) is 3.00. The van der Waals surface area contributed by atoms with Gasteiger partial charge in [0, 0.05) is 11.3 Å². The Bertz CT molecular complexity index is 691. The van der Waals surface area contributed by atoms with Gasteiger partial charge in [-0.15, -0.1) is 13.2 Å². The number of nitriles is 1. The molecule has 0 spiro atoms. The van der Waals surface area contributed by atoms with E-state index >= 15 is 0 Å². The van der Waals surface area contributed by atoms with Crippen molar-refractivity contribution in [2.45, 2.75) is 87.9 Å². The lowest BCUT2D eigenvalue weighted by atomic mass is 9.67. The molecule has 0 unspecified atom stereocenters. The van der Waals surface area contributed by atoms with Crippen molar-refractivity contribution in [3.05, 3.63) is 37.1 Å². The van der Waals surface area contributed by atoms with Gasteiger partial charge in [-0.25, -0.2) is 0 Å². The number of rotatable bonds is 10. The van der Waals surface area contributed by atoms with Gasteiger partial charge in [0.15, 0.2) is 4.87 Å². The molecule has 0 aromatic rings. The topological polar surface area (TPSA) is 42.2 Å². The summed E-state index contributed by atoms with van der Waals surface area (Å²) in [5.41, 5.74) is -0.210. The van der Waals surface area contributed by atoms with Crippen LogP contribution in [-0.2, 0) is 9.16 Å². The van der Waals surface area contributed by atoms with Crippen LogP contribution in [0.4, 0.5) is 0 Å². The van der Waals surface area contributed by atoms with Crippen LogP contribution in [0.1, 0.15) is 60.8 Å². The molecule has 0 saturated heterocycles. The van der Waals surface area contributed by atoms with Gasteiger partial charge in [-0.3, -0.25) is 0 Å². The number of nitrogens with zero attached hydrogens (tertiary/aromatic N) is 1. The zero-order valence-electron chi connectivity index (χ0n) is 19.2. The number of fused-ring (bicyclic) bond motifs is 2. The molecule has 29 heavy (non-hydrogen) atoms. The van der Waals surface area contributed by atoms with E-state index in [0.717, 1.165) is 5.76 Å². The fraction of sp³-hybridized carbons (Fsp3) is 0.708. The van der Waals surface area contributed by atoms with Crippen LogP contribution in [-0.4, -0.2) is 25.9 Å². The molecule has 1 fully saturated rings. The minimum Gasteiger partial charge on any atom is -0.501 e. The van der Waals surface area contributed by atoms with E-state index < -0.39 is 24.2 Å². The molecule has 0 aromatic heterocycles. The van der Waals surface area contributed by atoms with Gasteiger partial charge in [0.2, 0.25) is 8.32 Å². The maximum atomic E-state index is 10.3. The molecule has 3 atom stereocenters. The van der Waals surface area contributed by atoms with Crippen molar-refractivity contribution in [2.24, 2.45) is 11.3 Å². The zero-order chi connectivity index (χ0) is 22.3. The smallest absolute Gasteiger partial charge is 0.201 e. The lowest BCUT2D eigenvalue weighted by molar-refractivity contribution is -0.0200. The summed E-state index contributed by atoms with van der Waals surface area (Å²) in [6.45, 7) is 21.6. The molecule has 0 radical (unpaired) electrons. The Morgan fingerprint density at radius 2 is 1.66 bits per heavy atom. The first-order chi connectivity index (χ1) is 13.5. The predicted molar refractivity (Wildman–Crippen MR) is 124 cm³/mol. The molecule has 0 amide bonds. The fourth-order valence-electron chi connectivity index (χ4n) is 6.57. The van der Waals surface area contributed by atoms with Crippen molar-refractivity contribution in [3.8, 4) is 6.07 Å². The average molecular weight is 436 g/mol. The third-order valence-corrected chi connectivity index (χ3v) is 14.3. The molecule has 0 heterocycles. The molecular weight excluding hydrogens is 398 g/mol. The van der Waals surface area contributed by atoms with E-state index in [1.165, 1.54) is 0 Å². The van der Waals surface area contributed by atoms with Crippen molar-refractivity contribution in [1.29, 1.82) is 5.26 Å². The standard InChI is InChI=1S/C24H38ClNO2Si/c1-10-12-22(13-11-2)20-14-23(25,16-26)24(22,15-21(20)27-9)28-29(17(3)4,18(5)6)19(7)8/h10-11,15,17-20H,1-2,12-14H2,3-9H3/t20-,23-,24-/m1/s1. The molecule has 3 nitrogen and oxygen atoms in total. The molecule has 5 heteroatoms. The van der Waals surface area contributed by atoms with Gasteiger partial charge in [0.05, 0.1) is 18.9 Å². The first kappa shape index (κ1) is 24.2. The SMILES string of the molecule is C=CCC1(CC=C)[C@@H]2C[C@@](Cl)(C#N)[C@@]1(O[Si](C(C)C)(C(C)C)C(C)C)C=C2OC. The Labute approximate surface area is 183 Å². The molecule has 0 N–H and O–H groups in total. The van der Waals surface area contributed by atoms with E-state index in [9.17, 15) is 5.26 Å². The Kier molecular flexibility index (Phi) is 6.90. The Hall–Kier alpha value is -1.02. The molecule has 162 valence electrons. The summed E-state index contributed by atoms with van der Waals surface area (Å²) in [4.78, 5) is -1.14. The van der Waals surface area contributed by atoms with Crippen LogP contribution >= 0.6 is 11.6 Å². The first-order valence-corrected chi connectivity index (χ1v) is 13.3. The summed E-state index contributed by atoms with van der Waals surface area (Å²) in [5, 5.41) is 10.3. The van der Waals surface area contributed by atoms with E-state index in [-0.39, 0.29) is 5.92 Å². The van der Waals surface area contributed by atoms with E-state index in [4.69, 9.17) is 20.8 Å². The molecule has 1 saturated carbocycles. The van der Waals surface area contributed by atoms with Crippen LogP contribution in [0.2, 0.25) is 16.6 Å². The quantitative estimate of drug-likeness (QED) is 0.208. The largest absolute Gasteiger partial charge is 0.501 e. The molecular formula is C24H38ClNO2Si. The highest BCUT2D eigenvalue weighted by Gasteiger charge is 2.77. The monoisotopic (exact) mass is 435 g/mol. The lowest BCUT2D eigenvalue weighted by Gasteiger charge is -2.54. The second-order valence-electron chi connectivity index (χ2n) is 9.72. The van der Waals surface area contributed by atoms with E-state index in [0.29, 0.717) is 35.9 Å². The Morgan fingerprint density at radius 1 is 1.17 bits per heavy atom. The van der Waals surface area contributed by atoms with E-state index in [1.807, 2.05) is 12.2 Å². The number of ether oxygens (including phenoxy) is 1. The van der Waals surface area contributed by atoms with Crippen molar-refractivity contribution >= 4 is 19.9 Å². The van der Waals surface area contributed by atoms with Gasteiger partial charge in [-0.2, -0.15) is 5.26 Å². The maximum Gasteiger partial charge on any atom is 0.201 e. The fourth-order valence-corrected chi connectivity index (χ4v) is 12.8. The summed E-state index contributed by atoms with van der Waals surface area (Å²) < 4.78 is 13.3. The highest BCUT2D eigenvalue weighted by molar-refractivity contribution is 6.77. The second kappa shape index (κ2) is 8.25. The third-order valence-electron chi connectivity index (χ3n) is 7.64. The number of methoxy groups -OCH3 is 1. The number of hydrogen-bond acceptors (Lipinski definition) is 3. The number of alkyl halides is 1. The van der Waals surface area contributed by atoms with Crippen molar-refractivity contribution in [2.75, 3.05) is 7.11 Å². The summed E-state index contributed by atoms with van der Waals surface area (Å²) in [6.07, 6.45) is 7.84. The summed E-state index contributed by atoms with van der Waals surface area (Å²) in [7, 11) is -0.656. The molecule has 0 aliphatic heterocycles. The van der Waals surface area contributed by atoms with Crippen LogP contribution in [0.3, 0.4) is 0 Å². The maximum absolute atomic E-state index is 10.3. The van der Waals surface area contributed by atoms with Crippen molar-refractivity contribution in [1.82, 2.24) is 0 Å². The van der Waals surface area contributed by atoms with Gasteiger partial charge in [-0.05, 0) is 42.0 Å². The zero-order valence-corrected chi connectivity index (χ0v) is 21.0. The van der Waals surface area contributed by atoms with Crippen molar-refractivity contribution < 1.29 is 9.16 Å². The van der Waals surface area contributed by atoms with Crippen LogP contribution in [0.25, 0.3) is 0 Å². The molecule has 2 rings (SSSR count). The number of hydrogen-bond donors (Lipinski definition) is 0. The lowest BCUT2D eigenvalue weighted by Crippen LogP contribution is -2.63. The van der Waals surface area contributed by atoms with Crippen molar-refractivity contribution in [3.63, 3.8) is 0 Å². The molecule has 2 aliphatic rings. The summed E-state index contributed by atoms with van der Waals surface area (Å²) in [6, 6.07) is 2.46. The van der Waals surface area contributed by atoms with Gasteiger partial charge in [-0.1, -0.05) is 65.3 Å². The number of halogens is 1. The van der Waals surface area contributed by atoms with Crippen LogP contribution in [0, 0.1) is 22.7 Å².